The first kappa shape index (κ1) is 20.7. The molecule has 148 valence electrons. The zero-order valence-electron chi connectivity index (χ0n) is 16.1. The largest absolute Gasteiger partial charge is 0.444 e. The first-order valence-electron chi connectivity index (χ1n) is 8.88. The second-order valence-corrected chi connectivity index (χ2v) is 7.58. The number of alkyl carbamates (subject to hydrolysis) is 1. The van der Waals surface area contributed by atoms with E-state index in [9.17, 15) is 18.8 Å². The maximum absolute atomic E-state index is 14.1. The van der Waals surface area contributed by atoms with Crippen molar-refractivity contribution < 1.29 is 23.5 Å². The van der Waals surface area contributed by atoms with E-state index in [-0.39, 0.29) is 43.6 Å². The molecule has 27 heavy (non-hydrogen) atoms. The van der Waals surface area contributed by atoms with Gasteiger partial charge >= 0.3 is 6.09 Å². The van der Waals surface area contributed by atoms with E-state index in [0.717, 1.165) is 5.56 Å². The third-order valence-electron chi connectivity index (χ3n) is 3.98. The molecule has 1 atom stereocenters. The van der Waals surface area contributed by atoms with Gasteiger partial charge in [-0.05, 0) is 45.4 Å². The molecule has 0 radical (unpaired) electrons. The first-order chi connectivity index (χ1) is 12.6. The molecule has 1 saturated heterocycles. The first-order valence-corrected chi connectivity index (χ1v) is 8.88. The smallest absolute Gasteiger partial charge is 0.407 e. The maximum atomic E-state index is 14.1. The molecule has 8 heteroatoms. The van der Waals surface area contributed by atoms with Crippen molar-refractivity contribution >= 4 is 23.6 Å². The number of amides is 3. The summed E-state index contributed by atoms with van der Waals surface area (Å²) in [6.45, 7) is 7.58. The molecule has 0 aromatic heterocycles. The molecule has 0 saturated carbocycles. The molecule has 1 aromatic carbocycles. The summed E-state index contributed by atoms with van der Waals surface area (Å²) in [4.78, 5) is 37.3. The number of halogens is 1. The van der Waals surface area contributed by atoms with Gasteiger partial charge in [0.1, 0.15) is 11.4 Å². The number of anilines is 1. The zero-order valence-corrected chi connectivity index (χ0v) is 16.1. The number of aryl methyl sites for hydroxylation is 1. The van der Waals surface area contributed by atoms with Crippen LogP contribution in [0.2, 0.25) is 0 Å². The van der Waals surface area contributed by atoms with Crippen LogP contribution in [0.1, 0.15) is 32.8 Å². The third-order valence-corrected chi connectivity index (χ3v) is 3.98. The molecule has 7 nitrogen and oxygen atoms in total. The van der Waals surface area contributed by atoms with Crippen LogP contribution in [0.5, 0.6) is 0 Å². The van der Waals surface area contributed by atoms with Crippen molar-refractivity contribution in [2.24, 2.45) is 5.92 Å². The van der Waals surface area contributed by atoms with E-state index in [1.165, 1.54) is 11.0 Å². The molecular formula is C19H26FN3O4. The second-order valence-electron chi connectivity index (χ2n) is 7.58. The summed E-state index contributed by atoms with van der Waals surface area (Å²) < 4.78 is 19.2. The van der Waals surface area contributed by atoms with Crippen LogP contribution < -0.4 is 15.5 Å². The highest BCUT2D eigenvalue weighted by molar-refractivity contribution is 6.00. The SMILES string of the molecule is Cc1ccc(N2C[C@@H](C(=O)NCCNC(=O)OC(C)(C)C)CC2=O)c(F)c1. The van der Waals surface area contributed by atoms with Gasteiger partial charge in [0.2, 0.25) is 11.8 Å². The quantitative estimate of drug-likeness (QED) is 0.767. The standard InChI is InChI=1S/C19H26FN3O4/c1-12-5-6-15(14(20)9-12)23-11-13(10-16(23)24)17(25)21-7-8-22-18(26)27-19(2,3)4/h5-6,9,13H,7-8,10-11H2,1-4H3,(H,21,25)(H,22,26)/t13-/m0/s1. The number of ether oxygens (including phenoxy) is 1. The van der Waals surface area contributed by atoms with E-state index in [4.69, 9.17) is 4.74 Å². The predicted octanol–water partition coefficient (Wildman–Crippen LogP) is 2.13. The van der Waals surface area contributed by atoms with Crippen molar-refractivity contribution in [1.82, 2.24) is 10.6 Å². The molecular weight excluding hydrogens is 353 g/mol. The number of hydrogen-bond donors (Lipinski definition) is 2. The van der Waals surface area contributed by atoms with Gasteiger partial charge in [0.05, 0.1) is 11.6 Å². The summed E-state index contributed by atoms with van der Waals surface area (Å²) in [6, 6.07) is 4.63. The van der Waals surface area contributed by atoms with Gasteiger partial charge in [0.25, 0.3) is 0 Å². The Labute approximate surface area is 158 Å². The van der Waals surface area contributed by atoms with Gasteiger partial charge in [-0.1, -0.05) is 6.07 Å². The fraction of sp³-hybridized carbons (Fsp3) is 0.526. The molecule has 1 aliphatic heterocycles. The van der Waals surface area contributed by atoms with Gasteiger partial charge < -0.3 is 20.3 Å². The van der Waals surface area contributed by atoms with Crippen LogP contribution in [0.15, 0.2) is 18.2 Å². The number of rotatable bonds is 5. The Kier molecular flexibility index (Phi) is 6.41. The Morgan fingerprint density at radius 1 is 1.26 bits per heavy atom. The minimum absolute atomic E-state index is 0.0264. The molecule has 2 N–H and O–H groups in total. The van der Waals surface area contributed by atoms with E-state index in [1.54, 1.807) is 39.8 Å². The Bertz CT molecular complexity index is 730. The third kappa shape index (κ3) is 5.94. The molecule has 0 aliphatic carbocycles. The average molecular weight is 379 g/mol. The molecule has 0 unspecified atom stereocenters. The average Bonchev–Trinajstić information content (AvgIpc) is 2.91. The van der Waals surface area contributed by atoms with Gasteiger partial charge in [-0.25, -0.2) is 9.18 Å². The van der Waals surface area contributed by atoms with Crippen molar-refractivity contribution in [2.45, 2.75) is 39.7 Å². The lowest BCUT2D eigenvalue weighted by Crippen LogP contribution is -2.40. The summed E-state index contributed by atoms with van der Waals surface area (Å²) >= 11 is 0. The van der Waals surface area contributed by atoms with Crippen LogP contribution >= 0.6 is 0 Å². The lowest BCUT2D eigenvalue weighted by Gasteiger charge is -2.20. The molecule has 1 heterocycles. The number of carbonyl (C=O) groups is 3. The predicted molar refractivity (Wildman–Crippen MR) is 98.8 cm³/mol. The van der Waals surface area contributed by atoms with Crippen molar-refractivity contribution in [3.8, 4) is 0 Å². The van der Waals surface area contributed by atoms with Gasteiger partial charge in [-0.3, -0.25) is 9.59 Å². The summed E-state index contributed by atoms with van der Waals surface area (Å²) in [7, 11) is 0. The molecule has 0 spiro atoms. The molecule has 3 amide bonds. The Morgan fingerprint density at radius 3 is 2.56 bits per heavy atom. The molecule has 0 bridgehead atoms. The number of hydrogen-bond acceptors (Lipinski definition) is 4. The highest BCUT2D eigenvalue weighted by Gasteiger charge is 2.36. The van der Waals surface area contributed by atoms with Crippen LogP contribution in [0.25, 0.3) is 0 Å². The number of nitrogens with zero attached hydrogens (tertiary/aromatic N) is 1. The van der Waals surface area contributed by atoms with Gasteiger partial charge in [-0.2, -0.15) is 0 Å². The van der Waals surface area contributed by atoms with E-state index in [2.05, 4.69) is 10.6 Å². The Hall–Kier alpha value is -2.64. The monoisotopic (exact) mass is 379 g/mol. The van der Waals surface area contributed by atoms with Crippen LogP contribution in [0.3, 0.4) is 0 Å². The van der Waals surface area contributed by atoms with Crippen molar-refractivity contribution in [1.29, 1.82) is 0 Å². The van der Waals surface area contributed by atoms with E-state index in [1.807, 2.05) is 0 Å². The summed E-state index contributed by atoms with van der Waals surface area (Å²) in [6.07, 6.45) is -0.535. The molecule has 1 aromatic rings. The lowest BCUT2D eigenvalue weighted by molar-refractivity contribution is -0.126. The molecule has 1 aliphatic rings. The Balaban J connectivity index is 1.81. The van der Waals surface area contributed by atoms with Crippen LogP contribution in [-0.4, -0.2) is 43.1 Å². The fourth-order valence-corrected chi connectivity index (χ4v) is 2.76. The van der Waals surface area contributed by atoms with E-state index >= 15 is 0 Å². The number of nitrogens with one attached hydrogen (secondary N) is 2. The van der Waals surface area contributed by atoms with Gasteiger partial charge in [0, 0.05) is 26.1 Å². The molecule has 2 rings (SSSR count). The maximum Gasteiger partial charge on any atom is 0.407 e. The minimum Gasteiger partial charge on any atom is -0.444 e. The van der Waals surface area contributed by atoms with E-state index < -0.39 is 23.4 Å². The summed E-state index contributed by atoms with van der Waals surface area (Å²) in [5, 5.41) is 5.22. The second kappa shape index (κ2) is 8.37. The Morgan fingerprint density at radius 2 is 1.93 bits per heavy atom. The highest BCUT2D eigenvalue weighted by atomic mass is 19.1. The molecule has 1 fully saturated rings. The van der Waals surface area contributed by atoms with Crippen molar-refractivity contribution in [2.75, 3.05) is 24.5 Å². The van der Waals surface area contributed by atoms with Crippen molar-refractivity contribution in [3.05, 3.63) is 29.6 Å². The number of carbonyl (C=O) groups excluding carboxylic acids is 3. The van der Waals surface area contributed by atoms with Gasteiger partial charge in [0.15, 0.2) is 0 Å². The van der Waals surface area contributed by atoms with Crippen LogP contribution in [0.4, 0.5) is 14.9 Å². The van der Waals surface area contributed by atoms with Crippen LogP contribution in [0, 0.1) is 18.7 Å². The fourth-order valence-electron chi connectivity index (χ4n) is 2.76. The lowest BCUT2D eigenvalue weighted by atomic mass is 10.1. The zero-order chi connectivity index (χ0) is 20.2. The van der Waals surface area contributed by atoms with Crippen molar-refractivity contribution in [3.63, 3.8) is 0 Å². The van der Waals surface area contributed by atoms with Crippen LogP contribution in [-0.2, 0) is 14.3 Å². The summed E-state index contributed by atoms with van der Waals surface area (Å²) in [5.41, 5.74) is 0.355. The van der Waals surface area contributed by atoms with Gasteiger partial charge in [-0.15, -0.1) is 0 Å². The normalized spacial score (nSPS) is 17.0. The minimum atomic E-state index is -0.591. The van der Waals surface area contributed by atoms with E-state index in [0.29, 0.717) is 0 Å². The topological polar surface area (TPSA) is 87.7 Å². The summed E-state index contributed by atoms with van der Waals surface area (Å²) in [5.74, 6) is -1.63. The highest BCUT2D eigenvalue weighted by Crippen LogP contribution is 2.28. The number of benzene rings is 1.